The van der Waals surface area contributed by atoms with Gasteiger partial charge in [-0.25, -0.2) is 0 Å². The van der Waals surface area contributed by atoms with Crippen LogP contribution in [0.4, 0.5) is 5.69 Å². The number of methoxy groups -OCH3 is 1. The molecule has 78 valence electrons. The van der Waals surface area contributed by atoms with Crippen molar-refractivity contribution in [1.82, 2.24) is 0 Å². The second-order valence-corrected chi connectivity index (χ2v) is 3.81. The van der Waals surface area contributed by atoms with Gasteiger partial charge in [0.2, 0.25) is 0 Å². The molecule has 5 heteroatoms. The first-order chi connectivity index (χ1) is 7.08. The van der Waals surface area contributed by atoms with Crippen molar-refractivity contribution < 1.29 is 9.53 Å². The lowest BCUT2D eigenvalue weighted by Crippen LogP contribution is -2.07. The highest BCUT2D eigenvalue weighted by Crippen LogP contribution is 2.23. The van der Waals surface area contributed by atoms with Gasteiger partial charge in [-0.15, -0.1) is 0 Å². The molecule has 0 aliphatic heterocycles. The van der Waals surface area contributed by atoms with Crippen LogP contribution in [0.2, 0.25) is 0 Å². The van der Waals surface area contributed by atoms with Crippen LogP contribution in [-0.4, -0.2) is 13.1 Å². The van der Waals surface area contributed by atoms with Gasteiger partial charge in [0.15, 0.2) is 0 Å². The maximum absolute atomic E-state index is 11.1. The molecule has 0 spiro atoms. The van der Waals surface area contributed by atoms with Crippen molar-refractivity contribution in [1.29, 1.82) is 5.26 Å². The van der Waals surface area contributed by atoms with E-state index in [0.29, 0.717) is 21.3 Å². The first-order valence-corrected chi connectivity index (χ1v) is 4.92. The summed E-state index contributed by atoms with van der Waals surface area (Å²) in [7, 11) is 1.31. The van der Waals surface area contributed by atoms with Crippen LogP contribution >= 0.6 is 15.9 Å². The molecule has 1 aromatic rings. The SMILES string of the molecule is COC(=O)Cc1cc(Br)cc(C#N)c1N. The van der Waals surface area contributed by atoms with Gasteiger partial charge in [-0.3, -0.25) is 4.79 Å². The van der Waals surface area contributed by atoms with E-state index >= 15 is 0 Å². The Bertz CT molecular complexity index is 438. The molecule has 4 nitrogen and oxygen atoms in total. The Morgan fingerprint density at radius 3 is 2.87 bits per heavy atom. The van der Waals surface area contributed by atoms with Crippen LogP contribution < -0.4 is 5.73 Å². The number of nitriles is 1. The van der Waals surface area contributed by atoms with E-state index in [9.17, 15) is 4.79 Å². The number of nitrogens with zero attached hydrogens (tertiary/aromatic N) is 1. The molecule has 0 aliphatic rings. The Labute approximate surface area is 95.8 Å². The first-order valence-electron chi connectivity index (χ1n) is 4.13. The third-order valence-corrected chi connectivity index (χ3v) is 2.37. The molecule has 1 aromatic carbocycles. The van der Waals surface area contributed by atoms with Crippen LogP contribution in [-0.2, 0) is 16.0 Å². The van der Waals surface area contributed by atoms with Crippen molar-refractivity contribution in [2.45, 2.75) is 6.42 Å². The van der Waals surface area contributed by atoms with Gasteiger partial charge in [0.25, 0.3) is 0 Å². The molecule has 0 aromatic heterocycles. The van der Waals surface area contributed by atoms with Gasteiger partial charge in [0.1, 0.15) is 6.07 Å². The number of carbonyl (C=O) groups is 1. The van der Waals surface area contributed by atoms with Crippen molar-refractivity contribution >= 4 is 27.6 Å². The third-order valence-electron chi connectivity index (χ3n) is 1.91. The molecule has 15 heavy (non-hydrogen) atoms. The molecule has 0 heterocycles. The highest BCUT2D eigenvalue weighted by atomic mass is 79.9. The maximum atomic E-state index is 11.1. The lowest BCUT2D eigenvalue weighted by Gasteiger charge is -2.06. The summed E-state index contributed by atoms with van der Waals surface area (Å²) < 4.78 is 5.24. The number of carbonyl (C=O) groups excluding carboxylic acids is 1. The van der Waals surface area contributed by atoms with Gasteiger partial charge >= 0.3 is 5.97 Å². The van der Waals surface area contributed by atoms with Gasteiger partial charge in [0, 0.05) is 4.47 Å². The molecule has 0 aliphatic carbocycles. The zero-order chi connectivity index (χ0) is 11.4. The second-order valence-electron chi connectivity index (χ2n) is 2.89. The van der Waals surface area contributed by atoms with Gasteiger partial charge in [0.05, 0.1) is 24.8 Å². The van der Waals surface area contributed by atoms with Crippen LogP contribution in [0, 0.1) is 11.3 Å². The number of hydrogen-bond donors (Lipinski definition) is 1. The molecule has 0 unspecified atom stereocenters. The number of ether oxygens (including phenoxy) is 1. The minimum Gasteiger partial charge on any atom is -0.469 e. The Kier molecular flexibility index (Phi) is 3.69. The molecular formula is C10H9BrN2O2. The molecule has 0 atom stereocenters. The smallest absolute Gasteiger partial charge is 0.310 e. The van der Waals surface area contributed by atoms with Crippen molar-refractivity contribution in [3.63, 3.8) is 0 Å². The number of hydrogen-bond acceptors (Lipinski definition) is 4. The zero-order valence-electron chi connectivity index (χ0n) is 8.08. The number of nitrogen functional groups attached to an aromatic ring is 1. The summed E-state index contributed by atoms with van der Waals surface area (Å²) in [5.74, 6) is -0.385. The molecule has 2 N–H and O–H groups in total. The number of nitrogens with two attached hydrogens (primary N) is 1. The average Bonchev–Trinajstić information content (AvgIpc) is 2.22. The van der Waals surface area contributed by atoms with Crippen molar-refractivity contribution in [3.8, 4) is 6.07 Å². The average molecular weight is 269 g/mol. The van der Waals surface area contributed by atoms with Gasteiger partial charge < -0.3 is 10.5 Å². The highest BCUT2D eigenvalue weighted by molar-refractivity contribution is 9.10. The van der Waals surface area contributed by atoms with Crippen molar-refractivity contribution in [3.05, 3.63) is 27.7 Å². The molecule has 0 bridgehead atoms. The summed E-state index contributed by atoms with van der Waals surface area (Å²) in [6, 6.07) is 5.27. The van der Waals surface area contributed by atoms with Crippen molar-refractivity contribution in [2.24, 2.45) is 0 Å². The second kappa shape index (κ2) is 4.80. The predicted molar refractivity (Wildman–Crippen MR) is 59.0 cm³/mol. The minimum atomic E-state index is -0.385. The van der Waals surface area contributed by atoms with Crippen LogP contribution in [0.3, 0.4) is 0 Å². The van der Waals surface area contributed by atoms with E-state index < -0.39 is 0 Å². The summed E-state index contributed by atoms with van der Waals surface area (Å²) in [4.78, 5) is 11.1. The predicted octanol–water partition coefficient (Wildman–Crippen LogP) is 1.62. The van der Waals surface area contributed by atoms with Crippen LogP contribution in [0.25, 0.3) is 0 Å². The Hall–Kier alpha value is -1.54. The number of rotatable bonds is 2. The largest absolute Gasteiger partial charge is 0.469 e. The van der Waals surface area contributed by atoms with Crippen LogP contribution in [0.5, 0.6) is 0 Å². The van der Waals surface area contributed by atoms with E-state index in [2.05, 4.69) is 20.7 Å². The Morgan fingerprint density at radius 1 is 1.67 bits per heavy atom. The summed E-state index contributed by atoms with van der Waals surface area (Å²) in [5, 5.41) is 8.79. The lowest BCUT2D eigenvalue weighted by molar-refractivity contribution is -0.139. The number of benzene rings is 1. The summed E-state index contributed by atoms with van der Waals surface area (Å²) >= 11 is 3.24. The van der Waals surface area contributed by atoms with Crippen LogP contribution in [0.1, 0.15) is 11.1 Å². The highest BCUT2D eigenvalue weighted by Gasteiger charge is 2.10. The van der Waals surface area contributed by atoms with Crippen molar-refractivity contribution in [2.75, 3.05) is 12.8 Å². The van der Waals surface area contributed by atoms with Crippen LogP contribution in [0.15, 0.2) is 16.6 Å². The summed E-state index contributed by atoms with van der Waals surface area (Å²) in [6.45, 7) is 0. The fourth-order valence-corrected chi connectivity index (χ4v) is 1.65. The summed E-state index contributed by atoms with van der Waals surface area (Å²) in [5.41, 5.74) is 6.98. The van der Waals surface area contributed by atoms with Gasteiger partial charge in [-0.2, -0.15) is 5.26 Å². The Morgan fingerprint density at radius 2 is 2.33 bits per heavy atom. The van der Waals surface area contributed by atoms with E-state index in [1.54, 1.807) is 12.1 Å². The third kappa shape index (κ3) is 2.70. The number of halogens is 1. The standard InChI is InChI=1S/C10H9BrN2O2/c1-15-9(14)4-6-2-8(11)3-7(5-12)10(6)13/h2-3H,4,13H2,1H3. The summed E-state index contributed by atoms with van der Waals surface area (Å²) in [6.07, 6.45) is 0.0659. The Balaban J connectivity index is 3.13. The van der Waals surface area contributed by atoms with E-state index in [1.807, 2.05) is 6.07 Å². The van der Waals surface area contributed by atoms with Gasteiger partial charge in [-0.1, -0.05) is 15.9 Å². The van der Waals surface area contributed by atoms with E-state index in [-0.39, 0.29) is 12.4 Å². The van der Waals surface area contributed by atoms with E-state index in [0.717, 1.165) is 0 Å². The normalized spacial score (nSPS) is 9.40. The topological polar surface area (TPSA) is 76.1 Å². The minimum absolute atomic E-state index is 0.0659. The molecule has 0 saturated carbocycles. The molecule has 0 saturated heterocycles. The van der Waals surface area contributed by atoms with E-state index in [4.69, 9.17) is 11.0 Å². The quantitative estimate of drug-likeness (QED) is 0.653. The molecule has 0 amide bonds. The molecule has 0 fully saturated rings. The van der Waals surface area contributed by atoms with E-state index in [1.165, 1.54) is 7.11 Å². The number of esters is 1. The monoisotopic (exact) mass is 268 g/mol. The fourth-order valence-electron chi connectivity index (χ4n) is 1.14. The fraction of sp³-hybridized carbons (Fsp3) is 0.200. The first kappa shape index (κ1) is 11.5. The molecular weight excluding hydrogens is 260 g/mol. The molecule has 1 rings (SSSR count). The number of anilines is 1. The molecule has 0 radical (unpaired) electrons. The zero-order valence-corrected chi connectivity index (χ0v) is 9.67. The van der Waals surface area contributed by atoms with Gasteiger partial charge in [-0.05, 0) is 17.7 Å². The lowest BCUT2D eigenvalue weighted by atomic mass is 10.1. The maximum Gasteiger partial charge on any atom is 0.310 e.